The topological polar surface area (TPSA) is 85.3 Å². The Hall–Kier alpha value is -1.67. The van der Waals surface area contributed by atoms with Crippen molar-refractivity contribution in [3.63, 3.8) is 0 Å². The van der Waals surface area contributed by atoms with Crippen molar-refractivity contribution >= 4 is 5.91 Å². The second kappa shape index (κ2) is 8.81. The Bertz CT molecular complexity index is 612. The van der Waals surface area contributed by atoms with Crippen molar-refractivity contribution in [3.05, 3.63) is 29.8 Å². The molecule has 2 heterocycles. The van der Waals surface area contributed by atoms with Gasteiger partial charge in [-0.1, -0.05) is 18.2 Å². The molecule has 3 N–H and O–H groups in total. The summed E-state index contributed by atoms with van der Waals surface area (Å²) in [4.78, 5) is 15.7. The zero-order chi connectivity index (χ0) is 18.5. The molecule has 0 aliphatic carbocycles. The maximum absolute atomic E-state index is 11.5. The van der Waals surface area contributed by atoms with Crippen LogP contribution in [-0.2, 0) is 16.1 Å². The van der Waals surface area contributed by atoms with Gasteiger partial charge >= 0.3 is 0 Å². The summed E-state index contributed by atoms with van der Waals surface area (Å²) in [6, 6.07) is 7.03. The number of phenolic OH excluding ortho intramolecular Hbond substituents is 1. The Morgan fingerprint density at radius 3 is 2.85 bits per heavy atom. The van der Waals surface area contributed by atoms with E-state index in [4.69, 9.17) is 4.74 Å². The third kappa shape index (κ3) is 4.73. The largest absolute Gasteiger partial charge is 0.508 e. The van der Waals surface area contributed by atoms with Gasteiger partial charge in [-0.15, -0.1) is 0 Å². The number of phenols is 1. The summed E-state index contributed by atoms with van der Waals surface area (Å²) in [6.07, 6.45) is 0.117. The maximum Gasteiger partial charge on any atom is 0.219 e. The number of carbonyl (C=O) groups is 1. The van der Waals surface area contributed by atoms with Crippen molar-refractivity contribution in [1.29, 1.82) is 0 Å². The lowest BCUT2D eigenvalue weighted by molar-refractivity contribution is -0.128. The smallest absolute Gasteiger partial charge is 0.219 e. The van der Waals surface area contributed by atoms with E-state index >= 15 is 0 Å². The summed E-state index contributed by atoms with van der Waals surface area (Å²) in [6.45, 7) is 6.46. The SMILES string of the molecule is CC(=O)N1CCCN(CC2OCC(NCc3ccccc3O)C2O)CC1. The van der Waals surface area contributed by atoms with E-state index in [-0.39, 0.29) is 23.8 Å². The number of hydrogen-bond donors (Lipinski definition) is 3. The van der Waals surface area contributed by atoms with Gasteiger partial charge in [-0.3, -0.25) is 9.69 Å². The molecule has 0 saturated carbocycles. The number of carbonyl (C=O) groups excluding carboxylic acids is 1. The van der Waals surface area contributed by atoms with E-state index in [2.05, 4.69) is 10.2 Å². The molecule has 3 atom stereocenters. The van der Waals surface area contributed by atoms with Crippen LogP contribution in [-0.4, -0.2) is 83.5 Å². The number of nitrogens with one attached hydrogen (secondary N) is 1. The van der Waals surface area contributed by atoms with Crippen LogP contribution in [0, 0.1) is 0 Å². The maximum atomic E-state index is 11.5. The second-order valence-electron chi connectivity index (χ2n) is 7.14. The number of para-hydroxylation sites is 1. The molecule has 3 rings (SSSR count). The summed E-state index contributed by atoms with van der Waals surface area (Å²) in [7, 11) is 0. The number of aromatic hydroxyl groups is 1. The van der Waals surface area contributed by atoms with Crippen LogP contribution < -0.4 is 5.32 Å². The van der Waals surface area contributed by atoms with E-state index in [1.165, 1.54) is 0 Å². The predicted molar refractivity (Wildman–Crippen MR) is 97.8 cm³/mol. The molecule has 2 saturated heterocycles. The molecule has 2 aliphatic rings. The third-order valence-corrected chi connectivity index (χ3v) is 5.30. The lowest BCUT2D eigenvalue weighted by Gasteiger charge is -2.26. The molecule has 1 aromatic rings. The van der Waals surface area contributed by atoms with Gasteiger partial charge in [-0.25, -0.2) is 0 Å². The van der Waals surface area contributed by atoms with Gasteiger partial charge in [-0.2, -0.15) is 0 Å². The minimum atomic E-state index is -0.590. The van der Waals surface area contributed by atoms with Crippen LogP contribution in [0.15, 0.2) is 24.3 Å². The first-order chi connectivity index (χ1) is 12.5. The van der Waals surface area contributed by atoms with Crippen LogP contribution in [0.3, 0.4) is 0 Å². The number of hydrogen-bond acceptors (Lipinski definition) is 6. The molecular formula is C19H29N3O4. The molecule has 3 unspecified atom stereocenters. The van der Waals surface area contributed by atoms with Crippen LogP contribution in [0.5, 0.6) is 5.75 Å². The zero-order valence-corrected chi connectivity index (χ0v) is 15.3. The van der Waals surface area contributed by atoms with Crippen LogP contribution in [0.25, 0.3) is 0 Å². The summed E-state index contributed by atoms with van der Waals surface area (Å²) in [5.74, 6) is 0.377. The molecule has 7 nitrogen and oxygen atoms in total. The third-order valence-electron chi connectivity index (χ3n) is 5.30. The fraction of sp³-hybridized carbons (Fsp3) is 0.632. The van der Waals surface area contributed by atoms with Crippen molar-refractivity contribution in [2.24, 2.45) is 0 Å². The summed E-state index contributed by atoms with van der Waals surface area (Å²) in [5, 5.41) is 23.7. The number of nitrogens with zero attached hydrogens (tertiary/aromatic N) is 2. The highest BCUT2D eigenvalue weighted by atomic mass is 16.5. The van der Waals surface area contributed by atoms with Crippen molar-refractivity contribution < 1.29 is 19.7 Å². The molecule has 1 aromatic carbocycles. The normalized spacial score (nSPS) is 27.5. The molecule has 2 aliphatic heterocycles. The number of amides is 1. The predicted octanol–water partition coefficient (Wildman–Crippen LogP) is 0.164. The van der Waals surface area contributed by atoms with Crippen molar-refractivity contribution in [2.75, 3.05) is 39.3 Å². The molecule has 1 amide bonds. The van der Waals surface area contributed by atoms with Gasteiger partial charge in [0.2, 0.25) is 5.91 Å². The van der Waals surface area contributed by atoms with Gasteiger partial charge in [0, 0.05) is 45.2 Å². The van der Waals surface area contributed by atoms with Gasteiger partial charge < -0.3 is 25.2 Å². The first-order valence-corrected chi connectivity index (χ1v) is 9.32. The number of ether oxygens (including phenoxy) is 1. The van der Waals surface area contributed by atoms with E-state index in [0.717, 1.165) is 38.2 Å². The van der Waals surface area contributed by atoms with Crippen LogP contribution in [0.1, 0.15) is 18.9 Å². The van der Waals surface area contributed by atoms with E-state index < -0.39 is 6.10 Å². The van der Waals surface area contributed by atoms with Crippen molar-refractivity contribution in [3.8, 4) is 5.75 Å². The molecule has 0 aromatic heterocycles. The average Bonchev–Trinajstić information content (AvgIpc) is 2.82. The van der Waals surface area contributed by atoms with E-state index in [9.17, 15) is 15.0 Å². The monoisotopic (exact) mass is 363 g/mol. The Morgan fingerprint density at radius 1 is 1.27 bits per heavy atom. The van der Waals surface area contributed by atoms with Crippen LogP contribution >= 0.6 is 0 Å². The van der Waals surface area contributed by atoms with Gasteiger partial charge in [-0.05, 0) is 19.0 Å². The Labute approximate surface area is 154 Å². The van der Waals surface area contributed by atoms with Crippen molar-refractivity contribution in [2.45, 2.75) is 38.1 Å². The highest BCUT2D eigenvalue weighted by Crippen LogP contribution is 2.19. The minimum Gasteiger partial charge on any atom is -0.508 e. The highest BCUT2D eigenvalue weighted by molar-refractivity contribution is 5.73. The molecule has 0 radical (unpaired) electrons. The molecule has 7 heteroatoms. The first-order valence-electron chi connectivity index (χ1n) is 9.32. The van der Waals surface area contributed by atoms with Gasteiger partial charge in [0.05, 0.1) is 24.9 Å². The van der Waals surface area contributed by atoms with Gasteiger partial charge in [0.15, 0.2) is 0 Å². The summed E-state index contributed by atoms with van der Waals surface area (Å²) in [5.41, 5.74) is 0.806. The number of benzene rings is 1. The van der Waals surface area contributed by atoms with E-state index in [0.29, 0.717) is 19.7 Å². The molecule has 0 bridgehead atoms. The zero-order valence-electron chi connectivity index (χ0n) is 15.3. The summed E-state index contributed by atoms with van der Waals surface area (Å²) >= 11 is 0. The molecule has 144 valence electrons. The van der Waals surface area contributed by atoms with Crippen LogP contribution in [0.4, 0.5) is 0 Å². The van der Waals surface area contributed by atoms with Gasteiger partial charge in [0.25, 0.3) is 0 Å². The number of aliphatic hydroxyl groups excluding tert-OH is 1. The lowest BCUT2D eigenvalue weighted by atomic mass is 10.1. The minimum absolute atomic E-state index is 0.123. The molecule has 0 spiro atoms. The fourth-order valence-corrected chi connectivity index (χ4v) is 3.65. The second-order valence-corrected chi connectivity index (χ2v) is 7.14. The Morgan fingerprint density at radius 2 is 2.08 bits per heavy atom. The van der Waals surface area contributed by atoms with Crippen molar-refractivity contribution in [1.82, 2.24) is 15.1 Å². The number of aliphatic hydroxyl groups is 1. The first kappa shape index (κ1) is 19.1. The van der Waals surface area contributed by atoms with Crippen LogP contribution in [0.2, 0.25) is 0 Å². The molecular weight excluding hydrogens is 334 g/mol. The Kier molecular flexibility index (Phi) is 6.48. The fourth-order valence-electron chi connectivity index (χ4n) is 3.65. The van der Waals surface area contributed by atoms with Gasteiger partial charge in [0.1, 0.15) is 5.75 Å². The average molecular weight is 363 g/mol. The molecule has 26 heavy (non-hydrogen) atoms. The van der Waals surface area contributed by atoms with E-state index in [1.54, 1.807) is 19.1 Å². The Balaban J connectivity index is 1.47. The highest BCUT2D eigenvalue weighted by Gasteiger charge is 2.36. The quantitative estimate of drug-likeness (QED) is 0.691. The lowest BCUT2D eigenvalue weighted by Crippen LogP contribution is -2.45. The molecule has 2 fully saturated rings. The van der Waals surface area contributed by atoms with E-state index in [1.807, 2.05) is 17.0 Å². The number of rotatable bonds is 5. The summed E-state index contributed by atoms with van der Waals surface area (Å²) < 4.78 is 5.82. The standard InChI is InChI=1S/C19H29N3O4/c1-14(23)22-8-4-7-21(9-10-22)12-18-19(25)16(13-26-18)20-11-15-5-2-3-6-17(15)24/h2-3,5-6,16,18-20,24-25H,4,7-13H2,1H3.